The maximum atomic E-state index is 5.99. The lowest BCUT2D eigenvalue weighted by Crippen LogP contribution is -2.46. The average Bonchev–Trinajstić information content (AvgIpc) is 2.31. The first kappa shape index (κ1) is 17.9. The summed E-state index contributed by atoms with van der Waals surface area (Å²) in [6.07, 6.45) is 8.07. The fourth-order valence-electron chi connectivity index (χ4n) is 2.61. The third-order valence-corrected chi connectivity index (χ3v) is 3.62. The Morgan fingerprint density at radius 3 is 2.00 bits per heavy atom. The number of rotatable bonds is 11. The van der Waals surface area contributed by atoms with Crippen molar-refractivity contribution in [2.24, 2.45) is 11.7 Å². The molecular formula is C16H36N2. The maximum Gasteiger partial charge on any atom is 0.0221 e. The third-order valence-electron chi connectivity index (χ3n) is 3.62. The number of nitrogens with zero attached hydrogens (tertiary/aromatic N) is 1. The van der Waals surface area contributed by atoms with E-state index in [0.717, 1.165) is 12.5 Å². The van der Waals surface area contributed by atoms with Gasteiger partial charge >= 0.3 is 0 Å². The Bertz CT molecular complexity index is 178. The highest BCUT2D eigenvalue weighted by Crippen LogP contribution is 2.15. The lowest BCUT2D eigenvalue weighted by Gasteiger charge is -2.35. The minimum Gasteiger partial charge on any atom is -0.329 e. The topological polar surface area (TPSA) is 29.3 Å². The van der Waals surface area contributed by atoms with Crippen LogP contribution in [-0.4, -0.2) is 30.1 Å². The molecular weight excluding hydrogens is 220 g/mol. The normalized spacial score (nSPS) is 13.8. The van der Waals surface area contributed by atoms with Crippen molar-refractivity contribution in [3.05, 3.63) is 0 Å². The van der Waals surface area contributed by atoms with Gasteiger partial charge < -0.3 is 5.73 Å². The molecule has 0 aliphatic heterocycles. The number of unbranched alkanes of at least 4 members (excludes halogenated alkanes) is 4. The van der Waals surface area contributed by atoms with E-state index in [4.69, 9.17) is 5.73 Å². The fourth-order valence-corrected chi connectivity index (χ4v) is 2.61. The molecule has 2 N–H and O–H groups in total. The second kappa shape index (κ2) is 10.8. The summed E-state index contributed by atoms with van der Waals surface area (Å²) in [6, 6.07) is 1.19. The van der Waals surface area contributed by atoms with Crippen molar-refractivity contribution in [3.63, 3.8) is 0 Å². The van der Waals surface area contributed by atoms with E-state index in [1.165, 1.54) is 45.1 Å². The van der Waals surface area contributed by atoms with E-state index in [-0.39, 0.29) is 0 Å². The van der Waals surface area contributed by atoms with E-state index in [1.807, 2.05) is 0 Å². The predicted octanol–water partition coefficient (Wildman–Crippen LogP) is 4.04. The molecule has 110 valence electrons. The summed E-state index contributed by atoms with van der Waals surface area (Å²) < 4.78 is 0. The molecule has 2 heteroatoms. The lowest BCUT2D eigenvalue weighted by atomic mass is 10.0. The van der Waals surface area contributed by atoms with Crippen molar-refractivity contribution >= 4 is 0 Å². The molecule has 0 radical (unpaired) electrons. The highest BCUT2D eigenvalue weighted by atomic mass is 15.2. The Morgan fingerprint density at radius 2 is 1.56 bits per heavy atom. The maximum absolute atomic E-state index is 5.99. The molecule has 0 aromatic rings. The highest BCUT2D eigenvalue weighted by molar-refractivity contribution is 4.76. The van der Waals surface area contributed by atoms with Crippen LogP contribution < -0.4 is 5.73 Å². The van der Waals surface area contributed by atoms with E-state index in [1.54, 1.807) is 0 Å². The fraction of sp³-hybridized carbons (Fsp3) is 1.00. The molecule has 0 saturated heterocycles. The standard InChI is InChI=1S/C16H36N2/c1-6-7-8-9-10-11-16(12-17)18(15(4)5)13-14(2)3/h14-16H,6-13,17H2,1-5H3. The zero-order valence-electron chi connectivity index (χ0n) is 13.4. The first-order chi connectivity index (χ1) is 8.52. The Kier molecular flexibility index (Phi) is 10.8. The van der Waals surface area contributed by atoms with Gasteiger partial charge in [-0.2, -0.15) is 0 Å². The summed E-state index contributed by atoms with van der Waals surface area (Å²) in [5, 5.41) is 0. The van der Waals surface area contributed by atoms with Gasteiger partial charge in [-0.25, -0.2) is 0 Å². The molecule has 0 saturated carbocycles. The first-order valence-corrected chi connectivity index (χ1v) is 7.98. The smallest absolute Gasteiger partial charge is 0.0221 e. The molecule has 18 heavy (non-hydrogen) atoms. The van der Waals surface area contributed by atoms with E-state index >= 15 is 0 Å². The van der Waals surface area contributed by atoms with Crippen molar-refractivity contribution in [2.45, 2.75) is 85.2 Å². The van der Waals surface area contributed by atoms with Crippen LogP contribution in [0.3, 0.4) is 0 Å². The van der Waals surface area contributed by atoms with Gasteiger partial charge in [0.1, 0.15) is 0 Å². The van der Waals surface area contributed by atoms with Gasteiger partial charge in [0.2, 0.25) is 0 Å². The summed E-state index contributed by atoms with van der Waals surface area (Å²) in [5.74, 6) is 0.724. The van der Waals surface area contributed by atoms with Crippen molar-refractivity contribution in [1.29, 1.82) is 0 Å². The van der Waals surface area contributed by atoms with Crippen LogP contribution in [0.2, 0.25) is 0 Å². The van der Waals surface area contributed by atoms with Gasteiger partial charge in [-0.05, 0) is 26.2 Å². The number of hydrogen-bond acceptors (Lipinski definition) is 2. The molecule has 0 aromatic heterocycles. The van der Waals surface area contributed by atoms with Gasteiger partial charge in [0.25, 0.3) is 0 Å². The number of hydrogen-bond donors (Lipinski definition) is 1. The summed E-state index contributed by atoms with van der Waals surface area (Å²) in [5.41, 5.74) is 5.99. The van der Waals surface area contributed by atoms with Crippen molar-refractivity contribution in [3.8, 4) is 0 Å². The summed E-state index contributed by atoms with van der Waals surface area (Å²) in [7, 11) is 0. The first-order valence-electron chi connectivity index (χ1n) is 7.98. The van der Waals surface area contributed by atoms with E-state index in [2.05, 4.69) is 39.5 Å². The van der Waals surface area contributed by atoms with Crippen LogP contribution in [0, 0.1) is 5.92 Å². The van der Waals surface area contributed by atoms with E-state index in [9.17, 15) is 0 Å². The summed E-state index contributed by atoms with van der Waals surface area (Å²) in [4.78, 5) is 2.60. The number of nitrogens with two attached hydrogens (primary N) is 1. The van der Waals surface area contributed by atoms with Crippen molar-refractivity contribution in [1.82, 2.24) is 4.90 Å². The average molecular weight is 256 g/mol. The molecule has 1 atom stereocenters. The molecule has 0 aromatic carbocycles. The SMILES string of the molecule is CCCCCCCC(CN)N(CC(C)C)C(C)C. The molecule has 2 nitrogen and oxygen atoms in total. The zero-order valence-corrected chi connectivity index (χ0v) is 13.4. The van der Waals surface area contributed by atoms with Gasteiger partial charge in [-0.1, -0.05) is 52.9 Å². The van der Waals surface area contributed by atoms with Crippen LogP contribution in [0.15, 0.2) is 0 Å². The van der Waals surface area contributed by atoms with Crippen molar-refractivity contribution in [2.75, 3.05) is 13.1 Å². The third kappa shape index (κ3) is 8.10. The zero-order chi connectivity index (χ0) is 14.0. The minimum absolute atomic E-state index is 0.578. The van der Waals surface area contributed by atoms with Crippen LogP contribution in [0.5, 0.6) is 0 Å². The quantitative estimate of drug-likeness (QED) is 0.565. The summed E-state index contributed by atoms with van der Waals surface area (Å²) >= 11 is 0. The highest BCUT2D eigenvalue weighted by Gasteiger charge is 2.20. The van der Waals surface area contributed by atoms with Crippen LogP contribution in [-0.2, 0) is 0 Å². The van der Waals surface area contributed by atoms with Gasteiger partial charge in [0.15, 0.2) is 0 Å². The van der Waals surface area contributed by atoms with Gasteiger partial charge in [-0.3, -0.25) is 4.90 Å². The molecule has 0 fully saturated rings. The largest absolute Gasteiger partial charge is 0.329 e. The molecule has 1 unspecified atom stereocenters. The predicted molar refractivity (Wildman–Crippen MR) is 82.9 cm³/mol. The van der Waals surface area contributed by atoms with Crippen LogP contribution >= 0.6 is 0 Å². The Balaban J connectivity index is 4.08. The molecule has 0 rings (SSSR count). The van der Waals surface area contributed by atoms with E-state index in [0.29, 0.717) is 12.1 Å². The van der Waals surface area contributed by atoms with Gasteiger partial charge in [-0.15, -0.1) is 0 Å². The molecule has 0 spiro atoms. The monoisotopic (exact) mass is 256 g/mol. The molecule has 0 bridgehead atoms. The second-order valence-electron chi connectivity index (χ2n) is 6.28. The molecule has 0 amide bonds. The van der Waals surface area contributed by atoms with E-state index < -0.39 is 0 Å². The molecule has 0 aliphatic carbocycles. The second-order valence-corrected chi connectivity index (χ2v) is 6.28. The molecule has 0 aliphatic rings. The molecule has 0 heterocycles. The van der Waals surface area contributed by atoms with Gasteiger partial charge in [0.05, 0.1) is 0 Å². The Morgan fingerprint density at radius 1 is 0.944 bits per heavy atom. The van der Waals surface area contributed by atoms with Crippen LogP contribution in [0.1, 0.15) is 73.1 Å². The van der Waals surface area contributed by atoms with Gasteiger partial charge in [0, 0.05) is 25.2 Å². The Hall–Kier alpha value is -0.0800. The summed E-state index contributed by atoms with van der Waals surface area (Å²) in [6.45, 7) is 13.4. The van der Waals surface area contributed by atoms with Crippen LogP contribution in [0.4, 0.5) is 0 Å². The minimum atomic E-state index is 0.578. The lowest BCUT2D eigenvalue weighted by molar-refractivity contribution is 0.129. The van der Waals surface area contributed by atoms with Crippen molar-refractivity contribution < 1.29 is 0 Å². The Labute approximate surface area is 115 Å². The van der Waals surface area contributed by atoms with Crippen LogP contribution in [0.25, 0.3) is 0 Å².